The van der Waals surface area contributed by atoms with E-state index in [1.807, 2.05) is 4.72 Å². The normalized spacial score (nSPS) is 11.8. The van der Waals surface area contributed by atoms with E-state index in [1.54, 1.807) is 0 Å². The first kappa shape index (κ1) is 12.7. The van der Waals surface area contributed by atoms with Gasteiger partial charge in [0.1, 0.15) is 11.6 Å². The van der Waals surface area contributed by atoms with Gasteiger partial charge in [0, 0.05) is 6.07 Å². The zero-order valence-electron chi connectivity index (χ0n) is 8.79. The highest BCUT2D eigenvalue weighted by Gasteiger charge is 2.18. The van der Waals surface area contributed by atoms with Crippen molar-refractivity contribution in [1.82, 2.24) is 0 Å². The average molecular weight is 250 g/mol. The van der Waals surface area contributed by atoms with E-state index < -0.39 is 26.9 Å². The van der Waals surface area contributed by atoms with Gasteiger partial charge in [-0.25, -0.2) is 17.2 Å². The van der Waals surface area contributed by atoms with Crippen molar-refractivity contribution in [3.05, 3.63) is 23.8 Å². The van der Waals surface area contributed by atoms with Gasteiger partial charge in [-0.15, -0.1) is 0 Å². The Bertz CT molecular complexity index is 500. The second-order valence-electron chi connectivity index (χ2n) is 3.55. The Balaban J connectivity index is 3.13. The molecule has 0 unspecified atom stereocenters. The van der Waals surface area contributed by atoms with Gasteiger partial charge in [0.15, 0.2) is 0 Å². The number of nitrogens with two attached hydrogens (primary N) is 1. The van der Waals surface area contributed by atoms with Crippen LogP contribution in [-0.2, 0) is 10.0 Å². The summed E-state index contributed by atoms with van der Waals surface area (Å²) in [4.78, 5) is 0. The highest BCUT2D eigenvalue weighted by Crippen LogP contribution is 2.22. The van der Waals surface area contributed by atoms with Gasteiger partial charge >= 0.3 is 0 Å². The van der Waals surface area contributed by atoms with E-state index in [1.165, 1.54) is 13.8 Å². The second kappa shape index (κ2) is 4.25. The molecule has 90 valence electrons. The predicted molar refractivity (Wildman–Crippen MR) is 58.4 cm³/mol. The fourth-order valence-corrected chi connectivity index (χ4v) is 1.61. The summed E-state index contributed by atoms with van der Waals surface area (Å²) in [5, 5.41) is -0.724. The maximum atomic E-state index is 13.2. The SMILES string of the molecule is CC(C)S(=O)(=O)Nc1cc(N)c(F)cc1F. The average Bonchev–Trinajstić information content (AvgIpc) is 2.13. The van der Waals surface area contributed by atoms with Gasteiger partial charge in [-0.2, -0.15) is 0 Å². The maximum Gasteiger partial charge on any atom is 0.235 e. The summed E-state index contributed by atoms with van der Waals surface area (Å²) in [5.41, 5.74) is 4.54. The molecule has 0 bridgehead atoms. The lowest BCUT2D eigenvalue weighted by Gasteiger charge is -2.12. The summed E-state index contributed by atoms with van der Waals surface area (Å²) in [6, 6.07) is 1.44. The van der Waals surface area contributed by atoms with Crippen LogP contribution in [-0.4, -0.2) is 13.7 Å². The summed E-state index contributed by atoms with van der Waals surface area (Å²) in [5.74, 6) is -1.93. The highest BCUT2D eigenvalue weighted by molar-refractivity contribution is 7.93. The third-order valence-corrected chi connectivity index (χ3v) is 3.70. The number of benzene rings is 1. The number of rotatable bonds is 3. The van der Waals surface area contributed by atoms with Gasteiger partial charge in [0.05, 0.1) is 16.6 Å². The Morgan fingerprint density at radius 2 is 1.81 bits per heavy atom. The van der Waals surface area contributed by atoms with Gasteiger partial charge in [0.25, 0.3) is 0 Å². The van der Waals surface area contributed by atoms with E-state index in [9.17, 15) is 17.2 Å². The number of halogens is 2. The van der Waals surface area contributed by atoms with Crippen molar-refractivity contribution < 1.29 is 17.2 Å². The number of sulfonamides is 1. The van der Waals surface area contributed by atoms with E-state index in [4.69, 9.17) is 5.73 Å². The standard InChI is InChI=1S/C9H12F2N2O2S/c1-5(2)16(14,15)13-9-4-8(12)6(10)3-7(9)11/h3-5,13H,12H2,1-2H3. The minimum absolute atomic E-state index is 0.317. The van der Waals surface area contributed by atoms with E-state index in [2.05, 4.69) is 0 Å². The summed E-state index contributed by atoms with van der Waals surface area (Å²) < 4.78 is 50.9. The van der Waals surface area contributed by atoms with Crippen molar-refractivity contribution in [2.45, 2.75) is 19.1 Å². The quantitative estimate of drug-likeness (QED) is 0.802. The lowest BCUT2D eigenvalue weighted by atomic mass is 10.2. The Kier molecular flexibility index (Phi) is 3.37. The Labute approximate surface area is 92.5 Å². The number of hydrogen-bond acceptors (Lipinski definition) is 3. The van der Waals surface area contributed by atoms with Gasteiger partial charge < -0.3 is 5.73 Å². The number of nitrogens with one attached hydrogen (secondary N) is 1. The summed E-state index contributed by atoms with van der Waals surface area (Å²) in [6.07, 6.45) is 0. The van der Waals surface area contributed by atoms with Crippen molar-refractivity contribution in [3.63, 3.8) is 0 Å². The largest absolute Gasteiger partial charge is 0.396 e. The van der Waals surface area contributed by atoms with Crippen molar-refractivity contribution in [2.24, 2.45) is 0 Å². The molecule has 4 nitrogen and oxygen atoms in total. The number of anilines is 2. The maximum absolute atomic E-state index is 13.2. The van der Waals surface area contributed by atoms with Crippen molar-refractivity contribution in [1.29, 1.82) is 0 Å². The molecule has 1 rings (SSSR count). The molecular weight excluding hydrogens is 238 g/mol. The van der Waals surface area contributed by atoms with Crippen LogP contribution in [0.4, 0.5) is 20.2 Å². The zero-order chi connectivity index (χ0) is 12.5. The second-order valence-corrected chi connectivity index (χ2v) is 5.79. The molecule has 3 N–H and O–H groups in total. The molecule has 1 aromatic carbocycles. The summed E-state index contributed by atoms with van der Waals surface area (Å²) >= 11 is 0. The third kappa shape index (κ3) is 2.60. The minimum atomic E-state index is -3.67. The topological polar surface area (TPSA) is 72.2 Å². The van der Waals surface area contributed by atoms with Crippen LogP contribution in [0.3, 0.4) is 0 Å². The number of nitrogen functional groups attached to an aromatic ring is 1. The lowest BCUT2D eigenvalue weighted by molar-refractivity contribution is 0.582. The summed E-state index contributed by atoms with van der Waals surface area (Å²) in [6.45, 7) is 2.88. The van der Waals surface area contributed by atoms with Crippen molar-refractivity contribution >= 4 is 21.4 Å². The predicted octanol–water partition coefficient (Wildman–Crippen LogP) is 1.70. The molecule has 0 fully saturated rings. The highest BCUT2D eigenvalue weighted by atomic mass is 32.2. The van der Waals surface area contributed by atoms with Crippen LogP contribution in [0.15, 0.2) is 12.1 Å². The van der Waals surface area contributed by atoms with Crippen LogP contribution in [0, 0.1) is 11.6 Å². The molecule has 7 heteroatoms. The van der Waals surface area contributed by atoms with Crippen LogP contribution < -0.4 is 10.5 Å². The molecule has 0 saturated carbocycles. The molecule has 16 heavy (non-hydrogen) atoms. The molecule has 0 saturated heterocycles. The van der Waals surface area contributed by atoms with Crippen LogP contribution in [0.2, 0.25) is 0 Å². The van der Waals surface area contributed by atoms with Gasteiger partial charge in [0.2, 0.25) is 10.0 Å². The van der Waals surface area contributed by atoms with E-state index in [0.29, 0.717) is 6.07 Å². The molecule has 0 aliphatic heterocycles. The molecule has 0 spiro atoms. The van der Waals surface area contributed by atoms with Crippen molar-refractivity contribution in [3.8, 4) is 0 Å². The molecule has 0 heterocycles. The smallest absolute Gasteiger partial charge is 0.235 e. The van der Waals surface area contributed by atoms with Gasteiger partial charge in [-0.3, -0.25) is 4.72 Å². The van der Waals surface area contributed by atoms with Crippen LogP contribution in [0.25, 0.3) is 0 Å². The molecule has 1 aromatic rings. The van der Waals surface area contributed by atoms with E-state index in [-0.39, 0.29) is 11.4 Å². The third-order valence-electron chi connectivity index (χ3n) is 1.96. The van der Waals surface area contributed by atoms with Crippen molar-refractivity contribution in [2.75, 3.05) is 10.5 Å². The minimum Gasteiger partial charge on any atom is -0.396 e. The van der Waals surface area contributed by atoms with Gasteiger partial charge in [-0.05, 0) is 19.9 Å². The molecule has 0 aliphatic rings. The van der Waals surface area contributed by atoms with Gasteiger partial charge in [-0.1, -0.05) is 0 Å². The molecular formula is C9H12F2N2O2S. The fraction of sp³-hybridized carbons (Fsp3) is 0.333. The number of hydrogen-bond donors (Lipinski definition) is 2. The molecule has 0 radical (unpaired) electrons. The Morgan fingerprint density at radius 1 is 1.25 bits per heavy atom. The molecule has 0 amide bonds. The van der Waals surface area contributed by atoms with Crippen LogP contribution >= 0.6 is 0 Å². The first-order chi connectivity index (χ1) is 7.24. The van der Waals surface area contributed by atoms with Crippen LogP contribution in [0.1, 0.15) is 13.8 Å². The lowest BCUT2D eigenvalue weighted by Crippen LogP contribution is -2.23. The first-order valence-electron chi connectivity index (χ1n) is 4.50. The van der Waals surface area contributed by atoms with E-state index in [0.717, 1.165) is 6.07 Å². The fourth-order valence-electron chi connectivity index (χ4n) is 0.915. The molecule has 0 aliphatic carbocycles. The Morgan fingerprint density at radius 3 is 2.31 bits per heavy atom. The summed E-state index contributed by atoms with van der Waals surface area (Å²) in [7, 11) is -3.67. The Hall–Kier alpha value is -1.37. The van der Waals surface area contributed by atoms with E-state index >= 15 is 0 Å². The monoisotopic (exact) mass is 250 g/mol. The van der Waals surface area contributed by atoms with Crippen LogP contribution in [0.5, 0.6) is 0 Å². The molecule has 0 atom stereocenters. The molecule has 0 aromatic heterocycles. The first-order valence-corrected chi connectivity index (χ1v) is 6.05. The zero-order valence-corrected chi connectivity index (χ0v) is 9.61.